The molecular weight excluding hydrogens is 292 g/mol. The molecule has 3 nitrogen and oxygen atoms in total. The van der Waals surface area contributed by atoms with Gasteiger partial charge in [0.1, 0.15) is 0 Å². The molecule has 1 aromatic heterocycles. The Balaban J connectivity index is 1.89. The molecule has 4 heteroatoms. The number of carbonyl (C=O) groups is 1. The predicted molar refractivity (Wildman–Crippen MR) is 92.7 cm³/mol. The van der Waals surface area contributed by atoms with E-state index in [9.17, 15) is 4.79 Å². The van der Waals surface area contributed by atoms with Crippen molar-refractivity contribution in [2.75, 3.05) is 5.32 Å². The van der Waals surface area contributed by atoms with Gasteiger partial charge in [-0.2, -0.15) is 0 Å². The molecule has 1 amide bonds. The van der Waals surface area contributed by atoms with E-state index >= 15 is 0 Å². The average Bonchev–Trinajstić information content (AvgIpc) is 2.95. The van der Waals surface area contributed by atoms with Crippen molar-refractivity contribution >= 4 is 33.1 Å². The fourth-order valence-electron chi connectivity index (χ4n) is 2.26. The maximum Gasteiger partial charge on any atom is 0.258 e. The van der Waals surface area contributed by atoms with Gasteiger partial charge in [0.05, 0.1) is 5.69 Å². The van der Waals surface area contributed by atoms with Crippen LogP contribution in [0.2, 0.25) is 0 Å². The average molecular weight is 310 g/mol. The highest BCUT2D eigenvalue weighted by Gasteiger charge is 2.18. The summed E-state index contributed by atoms with van der Waals surface area (Å²) in [6.07, 6.45) is 0. The fourth-order valence-corrected chi connectivity index (χ4v) is 3.20. The Labute approximate surface area is 134 Å². The van der Waals surface area contributed by atoms with Crippen LogP contribution in [-0.2, 0) is 5.41 Å². The predicted octanol–water partition coefficient (Wildman–Crippen LogP) is 4.85. The smallest absolute Gasteiger partial charge is 0.258 e. The second-order valence-corrected chi connectivity index (χ2v) is 7.13. The number of nitrogens with one attached hydrogen (secondary N) is 1. The lowest BCUT2D eigenvalue weighted by Gasteiger charge is -2.14. The summed E-state index contributed by atoms with van der Waals surface area (Å²) in [6, 6.07) is 13.6. The van der Waals surface area contributed by atoms with Crippen LogP contribution >= 0.6 is 11.3 Å². The zero-order valence-electron chi connectivity index (χ0n) is 12.9. The Bertz CT molecular complexity index is 825. The molecular formula is C18H18N2OS. The number of hydrogen-bond donors (Lipinski definition) is 1. The summed E-state index contributed by atoms with van der Waals surface area (Å²) in [5.41, 5.74) is 1.65. The number of hydrogen-bond acceptors (Lipinski definition) is 3. The molecule has 0 saturated heterocycles. The van der Waals surface area contributed by atoms with E-state index in [4.69, 9.17) is 0 Å². The van der Waals surface area contributed by atoms with E-state index in [1.807, 2.05) is 47.8 Å². The second-order valence-electron chi connectivity index (χ2n) is 6.27. The number of fused-ring (bicyclic) bond motifs is 1. The fraction of sp³-hybridized carbons (Fsp3) is 0.222. The molecule has 0 radical (unpaired) electrons. The van der Waals surface area contributed by atoms with Crippen LogP contribution in [0.3, 0.4) is 0 Å². The van der Waals surface area contributed by atoms with Gasteiger partial charge in [-0.1, -0.05) is 57.2 Å². The Morgan fingerprint density at radius 3 is 2.55 bits per heavy atom. The van der Waals surface area contributed by atoms with Crippen LogP contribution in [-0.4, -0.2) is 10.9 Å². The van der Waals surface area contributed by atoms with Gasteiger partial charge in [-0.25, -0.2) is 4.98 Å². The third-order valence-corrected chi connectivity index (χ3v) is 4.29. The van der Waals surface area contributed by atoms with E-state index < -0.39 is 0 Å². The Hall–Kier alpha value is -2.20. The third-order valence-electron chi connectivity index (χ3n) is 3.53. The van der Waals surface area contributed by atoms with Crippen molar-refractivity contribution < 1.29 is 4.79 Å². The van der Waals surface area contributed by atoms with Crippen molar-refractivity contribution in [2.24, 2.45) is 0 Å². The lowest BCUT2D eigenvalue weighted by Crippen LogP contribution is -2.14. The molecule has 0 fully saturated rings. The summed E-state index contributed by atoms with van der Waals surface area (Å²) >= 11 is 1.46. The molecule has 1 N–H and O–H groups in total. The summed E-state index contributed by atoms with van der Waals surface area (Å²) in [5, 5.41) is 7.57. The highest BCUT2D eigenvalue weighted by molar-refractivity contribution is 7.14. The molecule has 0 spiro atoms. The lowest BCUT2D eigenvalue weighted by molar-refractivity contribution is 0.102. The third kappa shape index (κ3) is 2.88. The summed E-state index contributed by atoms with van der Waals surface area (Å²) in [6.45, 7) is 6.33. The molecule has 3 rings (SSSR count). The van der Waals surface area contributed by atoms with Crippen LogP contribution in [0, 0.1) is 0 Å². The van der Waals surface area contributed by atoms with Gasteiger partial charge in [0.15, 0.2) is 5.13 Å². The minimum absolute atomic E-state index is 0.0150. The molecule has 0 aliphatic carbocycles. The number of nitrogens with zero attached hydrogens (tertiary/aromatic N) is 1. The molecule has 22 heavy (non-hydrogen) atoms. The summed E-state index contributed by atoms with van der Waals surface area (Å²) in [7, 11) is 0. The van der Waals surface area contributed by atoms with Gasteiger partial charge < -0.3 is 0 Å². The SMILES string of the molecule is CC(C)(C)c1csc(NC(=O)c2cccc3ccccc23)n1. The molecule has 1 heterocycles. The first-order valence-electron chi connectivity index (χ1n) is 7.20. The van der Waals surface area contributed by atoms with Gasteiger partial charge in [-0.3, -0.25) is 10.1 Å². The number of amides is 1. The Morgan fingerprint density at radius 2 is 1.82 bits per heavy atom. The van der Waals surface area contributed by atoms with Crippen molar-refractivity contribution in [1.82, 2.24) is 4.98 Å². The van der Waals surface area contributed by atoms with E-state index in [0.717, 1.165) is 16.5 Å². The van der Waals surface area contributed by atoms with Crippen LogP contribution < -0.4 is 5.32 Å². The zero-order valence-corrected chi connectivity index (χ0v) is 13.7. The molecule has 0 unspecified atom stereocenters. The first-order chi connectivity index (χ1) is 10.4. The molecule has 0 aliphatic heterocycles. The van der Waals surface area contributed by atoms with Crippen LogP contribution in [0.25, 0.3) is 10.8 Å². The minimum Gasteiger partial charge on any atom is -0.298 e. The number of carbonyl (C=O) groups excluding carboxylic acids is 1. The number of aromatic nitrogens is 1. The van der Waals surface area contributed by atoms with Crippen LogP contribution in [0.4, 0.5) is 5.13 Å². The number of anilines is 1. The standard InChI is InChI=1S/C18H18N2OS/c1-18(2,3)15-11-22-17(19-15)20-16(21)14-10-6-8-12-7-4-5-9-13(12)14/h4-11H,1-3H3,(H,19,20,21). The van der Waals surface area contributed by atoms with E-state index in [2.05, 4.69) is 31.1 Å². The Morgan fingerprint density at radius 1 is 1.09 bits per heavy atom. The van der Waals surface area contributed by atoms with Crippen LogP contribution in [0.1, 0.15) is 36.8 Å². The van der Waals surface area contributed by atoms with Gasteiger partial charge in [0.25, 0.3) is 5.91 Å². The van der Waals surface area contributed by atoms with Crippen molar-refractivity contribution in [3.63, 3.8) is 0 Å². The quantitative estimate of drug-likeness (QED) is 0.735. The van der Waals surface area contributed by atoms with Gasteiger partial charge >= 0.3 is 0 Å². The molecule has 3 aromatic rings. The van der Waals surface area contributed by atoms with Gasteiger partial charge in [0.2, 0.25) is 0 Å². The molecule has 0 atom stereocenters. The highest BCUT2D eigenvalue weighted by Crippen LogP contribution is 2.27. The molecule has 0 aliphatic rings. The van der Waals surface area contributed by atoms with Crippen molar-refractivity contribution in [1.29, 1.82) is 0 Å². The summed E-state index contributed by atoms with van der Waals surface area (Å²) < 4.78 is 0. The molecule has 2 aromatic carbocycles. The number of benzene rings is 2. The van der Waals surface area contributed by atoms with Gasteiger partial charge in [-0.15, -0.1) is 11.3 Å². The Kier molecular flexibility index (Phi) is 3.71. The number of thiazole rings is 1. The summed E-state index contributed by atoms with van der Waals surface area (Å²) in [5.74, 6) is -0.119. The van der Waals surface area contributed by atoms with Crippen molar-refractivity contribution in [3.8, 4) is 0 Å². The van der Waals surface area contributed by atoms with Crippen molar-refractivity contribution in [3.05, 3.63) is 59.1 Å². The molecule has 0 bridgehead atoms. The van der Waals surface area contributed by atoms with E-state index in [-0.39, 0.29) is 11.3 Å². The molecule has 0 saturated carbocycles. The lowest BCUT2D eigenvalue weighted by atomic mass is 9.93. The zero-order chi connectivity index (χ0) is 15.7. The maximum atomic E-state index is 12.5. The monoisotopic (exact) mass is 310 g/mol. The first-order valence-corrected chi connectivity index (χ1v) is 8.08. The maximum absolute atomic E-state index is 12.5. The first kappa shape index (κ1) is 14.7. The van der Waals surface area contributed by atoms with Crippen LogP contribution in [0.15, 0.2) is 47.8 Å². The number of rotatable bonds is 2. The minimum atomic E-state index is -0.119. The van der Waals surface area contributed by atoms with Gasteiger partial charge in [0, 0.05) is 16.4 Å². The highest BCUT2D eigenvalue weighted by atomic mass is 32.1. The summed E-state index contributed by atoms with van der Waals surface area (Å²) in [4.78, 5) is 17.1. The van der Waals surface area contributed by atoms with Gasteiger partial charge in [-0.05, 0) is 16.8 Å². The topological polar surface area (TPSA) is 42.0 Å². The van der Waals surface area contributed by atoms with E-state index in [1.54, 1.807) is 0 Å². The van der Waals surface area contributed by atoms with Crippen LogP contribution in [0.5, 0.6) is 0 Å². The van der Waals surface area contributed by atoms with E-state index in [1.165, 1.54) is 11.3 Å². The molecule has 112 valence electrons. The van der Waals surface area contributed by atoms with Crippen molar-refractivity contribution in [2.45, 2.75) is 26.2 Å². The normalized spacial score (nSPS) is 11.6. The van der Waals surface area contributed by atoms with E-state index in [0.29, 0.717) is 10.7 Å². The second kappa shape index (κ2) is 5.54. The largest absolute Gasteiger partial charge is 0.298 e.